The van der Waals surface area contributed by atoms with Gasteiger partial charge in [0.2, 0.25) is 5.91 Å². The molecule has 1 N–H and O–H groups in total. The molecule has 0 radical (unpaired) electrons. The van der Waals surface area contributed by atoms with Crippen molar-refractivity contribution in [1.82, 2.24) is 4.90 Å². The van der Waals surface area contributed by atoms with Crippen LogP contribution in [0.1, 0.15) is 20.7 Å². The van der Waals surface area contributed by atoms with Crippen molar-refractivity contribution in [2.24, 2.45) is 0 Å². The summed E-state index contributed by atoms with van der Waals surface area (Å²) in [7, 11) is 1.49. The first-order chi connectivity index (χ1) is 12.4. The molecule has 3 amide bonds. The number of hydrogen-bond acceptors (Lipinski definition) is 6. The minimum Gasteiger partial charge on any atom is -0.497 e. The number of fused-ring (bicyclic) bond motifs is 1. The number of methoxy groups -OCH3 is 1. The van der Waals surface area contributed by atoms with E-state index in [9.17, 15) is 24.5 Å². The molecule has 9 heteroatoms. The maximum atomic E-state index is 12.4. The largest absolute Gasteiger partial charge is 0.497 e. The first kappa shape index (κ1) is 17.1. The molecule has 2 aromatic carbocycles. The van der Waals surface area contributed by atoms with Crippen LogP contribution in [0.4, 0.5) is 11.4 Å². The summed E-state index contributed by atoms with van der Waals surface area (Å²) in [5.41, 5.74) is 0.0994. The topological polar surface area (TPSA) is 119 Å². The van der Waals surface area contributed by atoms with Crippen molar-refractivity contribution < 1.29 is 24.0 Å². The average Bonchev–Trinajstić information content (AvgIpc) is 2.86. The lowest BCUT2D eigenvalue weighted by molar-refractivity contribution is -0.384. The fourth-order valence-corrected chi connectivity index (χ4v) is 2.58. The summed E-state index contributed by atoms with van der Waals surface area (Å²) >= 11 is 0. The number of nitrogens with one attached hydrogen (secondary N) is 1. The lowest BCUT2D eigenvalue weighted by atomic mass is 10.1. The van der Waals surface area contributed by atoms with Crippen molar-refractivity contribution in [2.75, 3.05) is 19.0 Å². The van der Waals surface area contributed by atoms with E-state index in [4.69, 9.17) is 4.74 Å². The Labute approximate surface area is 147 Å². The van der Waals surface area contributed by atoms with Gasteiger partial charge < -0.3 is 10.1 Å². The first-order valence-corrected chi connectivity index (χ1v) is 7.49. The number of amides is 3. The van der Waals surface area contributed by atoms with E-state index >= 15 is 0 Å². The first-order valence-electron chi connectivity index (χ1n) is 7.49. The van der Waals surface area contributed by atoms with Crippen LogP contribution in [-0.4, -0.2) is 41.2 Å². The minimum absolute atomic E-state index is 0.0368. The zero-order valence-corrected chi connectivity index (χ0v) is 13.6. The Morgan fingerprint density at radius 1 is 1.15 bits per heavy atom. The van der Waals surface area contributed by atoms with Crippen LogP contribution in [0.3, 0.4) is 0 Å². The summed E-state index contributed by atoms with van der Waals surface area (Å²) in [6, 6.07) is 9.99. The van der Waals surface area contributed by atoms with Gasteiger partial charge in [-0.25, -0.2) is 0 Å². The Balaban J connectivity index is 1.75. The molecule has 0 saturated carbocycles. The summed E-state index contributed by atoms with van der Waals surface area (Å²) in [6.07, 6.45) is 0. The second kappa shape index (κ2) is 6.63. The number of anilines is 1. The van der Waals surface area contributed by atoms with E-state index < -0.39 is 29.2 Å². The van der Waals surface area contributed by atoms with Crippen LogP contribution >= 0.6 is 0 Å². The molecule has 0 spiro atoms. The van der Waals surface area contributed by atoms with E-state index in [0.29, 0.717) is 11.4 Å². The maximum absolute atomic E-state index is 12.4. The molecule has 0 aromatic heterocycles. The Hall–Kier alpha value is -3.75. The molecular weight excluding hydrogens is 342 g/mol. The molecule has 0 saturated heterocycles. The highest BCUT2D eigenvalue weighted by Crippen LogP contribution is 2.26. The van der Waals surface area contributed by atoms with Crippen molar-refractivity contribution in [3.63, 3.8) is 0 Å². The van der Waals surface area contributed by atoms with E-state index in [1.165, 1.54) is 13.2 Å². The van der Waals surface area contributed by atoms with Crippen molar-refractivity contribution in [1.29, 1.82) is 0 Å². The fraction of sp³-hybridized carbons (Fsp3) is 0.118. The molecule has 1 aliphatic rings. The molecule has 0 aliphatic carbocycles. The summed E-state index contributed by atoms with van der Waals surface area (Å²) in [4.78, 5) is 47.8. The van der Waals surface area contributed by atoms with E-state index in [-0.39, 0.29) is 16.8 Å². The van der Waals surface area contributed by atoms with Gasteiger partial charge >= 0.3 is 0 Å². The Kier molecular flexibility index (Phi) is 4.36. The highest BCUT2D eigenvalue weighted by Gasteiger charge is 2.37. The van der Waals surface area contributed by atoms with Crippen molar-refractivity contribution in [3.05, 3.63) is 63.7 Å². The smallest absolute Gasteiger partial charge is 0.270 e. The van der Waals surface area contributed by atoms with Gasteiger partial charge in [0.15, 0.2) is 0 Å². The zero-order valence-electron chi connectivity index (χ0n) is 13.6. The number of rotatable bonds is 5. The molecule has 0 bridgehead atoms. The molecule has 9 nitrogen and oxygen atoms in total. The van der Waals surface area contributed by atoms with Crippen molar-refractivity contribution in [3.8, 4) is 5.75 Å². The number of nitro benzene ring substituents is 1. The summed E-state index contributed by atoms with van der Waals surface area (Å²) in [5, 5.41) is 13.4. The molecular formula is C17H13N3O6. The molecule has 2 aromatic rings. The van der Waals surface area contributed by atoms with E-state index in [2.05, 4.69) is 5.32 Å². The molecule has 0 atom stereocenters. The van der Waals surface area contributed by atoms with Gasteiger partial charge in [-0.1, -0.05) is 6.07 Å². The van der Waals surface area contributed by atoms with E-state index in [1.807, 2.05) is 0 Å². The number of carbonyl (C=O) groups excluding carboxylic acids is 3. The highest BCUT2D eigenvalue weighted by molar-refractivity contribution is 6.23. The van der Waals surface area contributed by atoms with Crippen molar-refractivity contribution >= 4 is 29.1 Å². The second-order valence-corrected chi connectivity index (χ2v) is 5.46. The van der Waals surface area contributed by atoms with E-state index in [1.54, 1.807) is 24.3 Å². The van der Waals surface area contributed by atoms with Gasteiger partial charge in [0, 0.05) is 23.9 Å². The Bertz CT molecular complexity index is 940. The third kappa shape index (κ3) is 3.09. The lowest BCUT2D eigenvalue weighted by Gasteiger charge is -2.13. The van der Waals surface area contributed by atoms with Crippen LogP contribution in [0.25, 0.3) is 0 Å². The standard InChI is InChI=1S/C17H13N3O6/c1-26-12-4-2-3-10(7-12)18-15(21)9-19-16(22)13-6-5-11(20(24)25)8-14(13)17(19)23/h2-8H,9H2,1H3,(H,18,21). The number of nitro groups is 1. The Morgan fingerprint density at radius 2 is 1.88 bits per heavy atom. The molecule has 0 fully saturated rings. The molecule has 0 unspecified atom stereocenters. The van der Waals surface area contributed by atoms with Crippen LogP contribution in [0.5, 0.6) is 5.75 Å². The van der Waals surface area contributed by atoms with Crippen LogP contribution in [0, 0.1) is 10.1 Å². The van der Waals surface area contributed by atoms with Gasteiger partial charge in [-0.2, -0.15) is 0 Å². The van der Waals surface area contributed by atoms with Gasteiger partial charge in [0.1, 0.15) is 12.3 Å². The van der Waals surface area contributed by atoms with E-state index in [0.717, 1.165) is 17.0 Å². The van der Waals surface area contributed by atoms with Crippen LogP contribution in [0.15, 0.2) is 42.5 Å². The Morgan fingerprint density at radius 3 is 2.58 bits per heavy atom. The molecule has 3 rings (SSSR count). The third-order valence-corrected chi connectivity index (χ3v) is 3.82. The summed E-state index contributed by atoms with van der Waals surface area (Å²) < 4.78 is 5.05. The number of carbonyl (C=O) groups is 3. The number of nitrogens with zero attached hydrogens (tertiary/aromatic N) is 2. The number of non-ortho nitro benzene ring substituents is 1. The predicted octanol–water partition coefficient (Wildman–Crippen LogP) is 1.84. The fourth-order valence-electron chi connectivity index (χ4n) is 2.58. The number of imide groups is 1. The van der Waals surface area contributed by atoms with Crippen LogP contribution in [0.2, 0.25) is 0 Å². The molecule has 1 aliphatic heterocycles. The number of benzene rings is 2. The summed E-state index contributed by atoms with van der Waals surface area (Å²) in [5.74, 6) is -1.45. The maximum Gasteiger partial charge on any atom is 0.270 e. The van der Waals surface area contributed by atoms with Gasteiger partial charge in [-0.15, -0.1) is 0 Å². The zero-order chi connectivity index (χ0) is 18.8. The van der Waals surface area contributed by atoms with Crippen LogP contribution in [-0.2, 0) is 4.79 Å². The van der Waals surface area contributed by atoms with Gasteiger partial charge in [0.25, 0.3) is 17.5 Å². The van der Waals surface area contributed by atoms with Crippen LogP contribution < -0.4 is 10.1 Å². The average molecular weight is 355 g/mol. The van der Waals surface area contributed by atoms with Gasteiger partial charge in [0.05, 0.1) is 23.2 Å². The molecule has 26 heavy (non-hydrogen) atoms. The highest BCUT2D eigenvalue weighted by atomic mass is 16.6. The second-order valence-electron chi connectivity index (χ2n) is 5.46. The lowest BCUT2D eigenvalue weighted by Crippen LogP contribution is -2.37. The SMILES string of the molecule is COc1cccc(NC(=O)CN2C(=O)c3ccc([N+](=O)[O-])cc3C2=O)c1. The normalized spacial score (nSPS) is 12.7. The van der Waals surface area contributed by atoms with Gasteiger partial charge in [-0.05, 0) is 18.2 Å². The monoisotopic (exact) mass is 355 g/mol. The quantitative estimate of drug-likeness (QED) is 0.496. The number of ether oxygens (including phenoxy) is 1. The molecule has 132 valence electrons. The predicted molar refractivity (Wildman–Crippen MR) is 90.1 cm³/mol. The number of hydrogen-bond donors (Lipinski definition) is 1. The van der Waals surface area contributed by atoms with Crippen molar-refractivity contribution in [2.45, 2.75) is 0 Å². The minimum atomic E-state index is -0.741. The summed E-state index contributed by atoms with van der Waals surface area (Å²) in [6.45, 7) is -0.503. The third-order valence-electron chi connectivity index (χ3n) is 3.82. The van der Waals surface area contributed by atoms with Gasteiger partial charge in [-0.3, -0.25) is 29.4 Å². The molecule has 1 heterocycles.